The predicted molar refractivity (Wildman–Crippen MR) is 51.8 cm³/mol. The molecule has 3 N–H and O–H groups in total. The molecule has 4 heteroatoms. The first kappa shape index (κ1) is 8.97. The summed E-state index contributed by atoms with van der Waals surface area (Å²) in [7, 11) is 0. The Morgan fingerprint density at radius 3 is 3.14 bits per heavy atom. The maximum absolute atomic E-state index is 11.3. The Morgan fingerprint density at radius 1 is 1.64 bits per heavy atom. The molecule has 1 heterocycles. The van der Waals surface area contributed by atoms with Crippen LogP contribution >= 0.6 is 0 Å². The van der Waals surface area contributed by atoms with Crippen LogP contribution in [0.3, 0.4) is 0 Å². The number of aromatic amines is 1. The molecule has 72 valence electrons. The Balaban J connectivity index is 2.53. The van der Waals surface area contributed by atoms with Gasteiger partial charge in [-0.1, -0.05) is 0 Å². The van der Waals surface area contributed by atoms with Crippen LogP contribution in [0.5, 0.6) is 0 Å². The average Bonchev–Trinajstić information content (AvgIpc) is 2.17. The van der Waals surface area contributed by atoms with Crippen molar-refractivity contribution in [1.82, 2.24) is 4.98 Å². The third kappa shape index (κ3) is 1.42. The Bertz CT molecular complexity index is 455. The lowest BCUT2D eigenvalue weighted by atomic mass is 9.92. The zero-order valence-electron chi connectivity index (χ0n) is 7.71. The van der Waals surface area contributed by atoms with Gasteiger partial charge in [0.15, 0.2) is 0 Å². The van der Waals surface area contributed by atoms with Crippen LogP contribution in [0.2, 0.25) is 0 Å². The zero-order chi connectivity index (χ0) is 10.1. The van der Waals surface area contributed by atoms with Crippen LogP contribution in [0.25, 0.3) is 0 Å². The molecular formula is C10H11N3O. The molecule has 1 aliphatic rings. The van der Waals surface area contributed by atoms with Gasteiger partial charge in [-0.3, -0.25) is 4.79 Å². The second-order valence-electron chi connectivity index (χ2n) is 3.63. The van der Waals surface area contributed by atoms with Crippen molar-refractivity contribution >= 4 is 0 Å². The molecule has 0 saturated carbocycles. The number of rotatable bonds is 0. The van der Waals surface area contributed by atoms with Crippen LogP contribution in [0.1, 0.15) is 23.2 Å². The van der Waals surface area contributed by atoms with Crippen LogP contribution in [-0.2, 0) is 12.8 Å². The summed E-state index contributed by atoms with van der Waals surface area (Å²) in [6.07, 6.45) is 2.45. The van der Waals surface area contributed by atoms with E-state index < -0.39 is 0 Å². The molecule has 4 nitrogen and oxygen atoms in total. The maximum atomic E-state index is 11.3. The van der Waals surface area contributed by atoms with Crippen LogP contribution in [0, 0.1) is 11.3 Å². The maximum Gasteiger partial charge on any atom is 0.266 e. The lowest BCUT2D eigenvalue weighted by Crippen LogP contribution is -2.30. The summed E-state index contributed by atoms with van der Waals surface area (Å²) in [4.78, 5) is 14.0. The fourth-order valence-corrected chi connectivity index (χ4v) is 1.81. The highest BCUT2D eigenvalue weighted by molar-refractivity contribution is 5.34. The summed E-state index contributed by atoms with van der Waals surface area (Å²) in [6, 6.07) is 3.69. The van der Waals surface area contributed by atoms with Crippen LogP contribution in [-0.4, -0.2) is 11.0 Å². The first-order valence-electron chi connectivity index (χ1n) is 4.61. The smallest absolute Gasteiger partial charge is 0.266 e. The Hall–Kier alpha value is -1.60. The Morgan fingerprint density at radius 2 is 2.43 bits per heavy atom. The second kappa shape index (κ2) is 3.28. The molecule has 0 spiro atoms. The minimum Gasteiger partial charge on any atom is -0.327 e. The van der Waals surface area contributed by atoms with Crippen LogP contribution < -0.4 is 11.3 Å². The minimum absolute atomic E-state index is 0.153. The van der Waals surface area contributed by atoms with E-state index in [0.717, 1.165) is 30.5 Å². The first-order valence-corrected chi connectivity index (χ1v) is 4.61. The van der Waals surface area contributed by atoms with Gasteiger partial charge in [0, 0.05) is 11.7 Å². The van der Waals surface area contributed by atoms with E-state index in [1.54, 1.807) is 6.07 Å². The van der Waals surface area contributed by atoms with Gasteiger partial charge in [0.05, 0.1) is 0 Å². The van der Waals surface area contributed by atoms with E-state index >= 15 is 0 Å². The lowest BCUT2D eigenvalue weighted by Gasteiger charge is -2.20. The number of nitrogens with two attached hydrogens (primary N) is 1. The number of aromatic nitrogens is 1. The number of pyridine rings is 1. The van der Waals surface area contributed by atoms with Gasteiger partial charge in [-0.25, -0.2) is 0 Å². The monoisotopic (exact) mass is 189 g/mol. The number of aryl methyl sites for hydroxylation is 1. The lowest BCUT2D eigenvalue weighted by molar-refractivity contribution is 0.565. The van der Waals surface area contributed by atoms with Gasteiger partial charge in [-0.2, -0.15) is 5.26 Å². The largest absolute Gasteiger partial charge is 0.327 e. The SMILES string of the molecule is N#Cc1cc2c([nH]c1=O)CC[C@H](N)C2. The van der Waals surface area contributed by atoms with Gasteiger partial charge in [-0.05, 0) is 30.9 Å². The number of nitriles is 1. The van der Waals surface area contributed by atoms with E-state index in [2.05, 4.69) is 4.98 Å². The Kier molecular flexibility index (Phi) is 2.10. The molecule has 2 rings (SSSR count). The van der Waals surface area contributed by atoms with E-state index in [1.165, 1.54) is 0 Å². The van der Waals surface area contributed by atoms with Crippen molar-refractivity contribution in [1.29, 1.82) is 5.26 Å². The quantitative estimate of drug-likeness (QED) is 0.605. The summed E-state index contributed by atoms with van der Waals surface area (Å²) in [5.41, 5.74) is 7.65. The first-order chi connectivity index (χ1) is 6.70. The number of hydrogen-bond acceptors (Lipinski definition) is 3. The molecule has 0 unspecified atom stereocenters. The zero-order valence-corrected chi connectivity index (χ0v) is 7.71. The molecule has 1 aromatic rings. The van der Waals surface area contributed by atoms with Gasteiger partial charge in [0.2, 0.25) is 0 Å². The van der Waals surface area contributed by atoms with E-state index in [-0.39, 0.29) is 17.2 Å². The average molecular weight is 189 g/mol. The normalized spacial score (nSPS) is 19.9. The molecule has 0 fully saturated rings. The van der Waals surface area contributed by atoms with Crippen molar-refractivity contribution in [3.8, 4) is 6.07 Å². The summed E-state index contributed by atoms with van der Waals surface area (Å²) in [5, 5.41) is 8.68. The fourth-order valence-electron chi connectivity index (χ4n) is 1.81. The highest BCUT2D eigenvalue weighted by Crippen LogP contribution is 2.17. The fraction of sp³-hybridized carbons (Fsp3) is 0.400. The number of fused-ring (bicyclic) bond motifs is 1. The number of hydrogen-bond donors (Lipinski definition) is 2. The molecule has 0 bridgehead atoms. The highest BCUT2D eigenvalue weighted by atomic mass is 16.1. The molecule has 1 aliphatic carbocycles. The van der Waals surface area contributed by atoms with Gasteiger partial charge >= 0.3 is 0 Å². The number of nitrogens with zero attached hydrogens (tertiary/aromatic N) is 1. The number of H-pyrrole nitrogens is 1. The van der Waals surface area contributed by atoms with Crippen molar-refractivity contribution in [2.24, 2.45) is 5.73 Å². The van der Waals surface area contributed by atoms with Crippen molar-refractivity contribution in [2.45, 2.75) is 25.3 Å². The third-order valence-corrected chi connectivity index (χ3v) is 2.58. The third-order valence-electron chi connectivity index (χ3n) is 2.58. The molecule has 0 amide bonds. The predicted octanol–water partition coefficient (Wildman–Crippen LogP) is 0.0626. The minimum atomic E-state index is -0.290. The molecule has 14 heavy (non-hydrogen) atoms. The second-order valence-corrected chi connectivity index (χ2v) is 3.63. The van der Waals surface area contributed by atoms with Gasteiger partial charge in [-0.15, -0.1) is 0 Å². The summed E-state index contributed by atoms with van der Waals surface area (Å²) in [6.45, 7) is 0. The molecule has 0 aliphatic heterocycles. The van der Waals surface area contributed by atoms with Gasteiger partial charge in [0.1, 0.15) is 11.6 Å². The molecule has 1 atom stereocenters. The number of nitrogens with one attached hydrogen (secondary N) is 1. The molecule has 0 saturated heterocycles. The van der Waals surface area contributed by atoms with Gasteiger partial charge < -0.3 is 10.7 Å². The van der Waals surface area contributed by atoms with Crippen molar-refractivity contribution < 1.29 is 0 Å². The van der Waals surface area contributed by atoms with E-state index in [0.29, 0.717) is 0 Å². The van der Waals surface area contributed by atoms with Crippen molar-refractivity contribution in [3.05, 3.63) is 33.2 Å². The van der Waals surface area contributed by atoms with Crippen LogP contribution in [0.4, 0.5) is 0 Å². The van der Waals surface area contributed by atoms with E-state index in [9.17, 15) is 4.79 Å². The molecule has 1 aromatic heterocycles. The van der Waals surface area contributed by atoms with E-state index in [4.69, 9.17) is 11.0 Å². The van der Waals surface area contributed by atoms with E-state index in [1.807, 2.05) is 6.07 Å². The summed E-state index contributed by atoms with van der Waals surface area (Å²) < 4.78 is 0. The van der Waals surface area contributed by atoms with Crippen molar-refractivity contribution in [2.75, 3.05) is 0 Å². The Labute approximate surface area is 81.4 Å². The topological polar surface area (TPSA) is 82.7 Å². The molecular weight excluding hydrogens is 178 g/mol. The summed E-state index contributed by atoms with van der Waals surface area (Å²) >= 11 is 0. The summed E-state index contributed by atoms with van der Waals surface area (Å²) in [5.74, 6) is 0. The highest BCUT2D eigenvalue weighted by Gasteiger charge is 2.17. The molecule has 0 aromatic carbocycles. The van der Waals surface area contributed by atoms with Crippen molar-refractivity contribution in [3.63, 3.8) is 0 Å². The van der Waals surface area contributed by atoms with Gasteiger partial charge in [0.25, 0.3) is 5.56 Å². The van der Waals surface area contributed by atoms with Crippen LogP contribution in [0.15, 0.2) is 10.9 Å². The standard InChI is InChI=1S/C10H11N3O/c11-5-7-3-6-4-8(12)1-2-9(6)13-10(7)14/h3,8H,1-2,4,12H2,(H,13,14)/t8-/m0/s1. The molecule has 0 radical (unpaired) electrons.